The normalized spacial score (nSPS) is 23.4. The smallest absolute Gasteiger partial charge is 0.306 e. The molecular weight excluding hydrogens is 236 g/mol. The predicted octanol–water partition coefficient (Wildman–Crippen LogP) is 0.211. The van der Waals surface area contributed by atoms with Gasteiger partial charge in [0.2, 0.25) is 11.8 Å². The zero-order valence-electron chi connectivity index (χ0n) is 10.6. The van der Waals surface area contributed by atoms with Gasteiger partial charge in [-0.1, -0.05) is 0 Å². The molecule has 0 bridgehead atoms. The predicted molar refractivity (Wildman–Crippen MR) is 64.5 cm³/mol. The van der Waals surface area contributed by atoms with E-state index in [1.807, 2.05) is 0 Å². The van der Waals surface area contributed by atoms with Crippen molar-refractivity contribution >= 4 is 17.8 Å². The number of carboxylic acid groups (broad SMARTS) is 1. The number of carbonyl (C=O) groups excluding carboxylic acids is 2. The van der Waals surface area contributed by atoms with Crippen LogP contribution in [0.1, 0.15) is 32.6 Å². The van der Waals surface area contributed by atoms with E-state index >= 15 is 0 Å². The van der Waals surface area contributed by atoms with Gasteiger partial charge in [0.15, 0.2) is 0 Å². The molecule has 1 aliphatic rings. The first-order valence-electron chi connectivity index (χ1n) is 6.25. The van der Waals surface area contributed by atoms with E-state index in [1.54, 1.807) is 6.92 Å². The molecule has 0 heterocycles. The third kappa shape index (κ3) is 3.72. The first kappa shape index (κ1) is 14.5. The van der Waals surface area contributed by atoms with Crippen molar-refractivity contribution in [2.75, 3.05) is 13.1 Å². The highest BCUT2D eigenvalue weighted by Gasteiger charge is 2.31. The standard InChI is InChI=1S/C12H20N2O4/c1-2-14(7-10(13)15)11(16)8-3-5-9(6-4-8)12(17)18/h8-9H,2-7H2,1H3,(H2,13,15)(H,17,18). The number of aliphatic carboxylic acids is 1. The van der Waals surface area contributed by atoms with E-state index in [4.69, 9.17) is 10.8 Å². The first-order chi connectivity index (χ1) is 8.45. The maximum atomic E-state index is 12.1. The van der Waals surface area contributed by atoms with Gasteiger partial charge in [0, 0.05) is 12.5 Å². The molecule has 0 saturated heterocycles. The van der Waals surface area contributed by atoms with Crippen LogP contribution in [0, 0.1) is 11.8 Å². The van der Waals surface area contributed by atoms with E-state index in [2.05, 4.69) is 0 Å². The fourth-order valence-corrected chi connectivity index (χ4v) is 2.38. The Kier molecular flexibility index (Phi) is 5.12. The topological polar surface area (TPSA) is 101 Å². The number of carboxylic acids is 1. The Morgan fingerprint density at radius 1 is 1.17 bits per heavy atom. The lowest BCUT2D eigenvalue weighted by Crippen LogP contribution is -2.42. The summed E-state index contributed by atoms with van der Waals surface area (Å²) in [5.74, 6) is -1.89. The minimum absolute atomic E-state index is 0.0613. The van der Waals surface area contributed by atoms with Crippen LogP contribution in [-0.2, 0) is 14.4 Å². The van der Waals surface area contributed by atoms with Crippen LogP contribution in [0.25, 0.3) is 0 Å². The largest absolute Gasteiger partial charge is 0.481 e. The van der Waals surface area contributed by atoms with E-state index in [1.165, 1.54) is 4.90 Å². The molecule has 0 unspecified atom stereocenters. The number of nitrogens with two attached hydrogens (primary N) is 1. The Balaban J connectivity index is 2.52. The molecule has 0 spiro atoms. The van der Waals surface area contributed by atoms with Gasteiger partial charge >= 0.3 is 5.97 Å². The Hall–Kier alpha value is -1.59. The molecule has 1 rings (SSSR count). The summed E-state index contributed by atoms with van der Waals surface area (Å²) >= 11 is 0. The second-order valence-electron chi connectivity index (χ2n) is 4.71. The Labute approximate surface area is 106 Å². The SMILES string of the molecule is CCN(CC(N)=O)C(=O)C1CCC(C(=O)O)CC1. The molecule has 6 nitrogen and oxygen atoms in total. The van der Waals surface area contributed by atoms with Crippen LogP contribution in [0.2, 0.25) is 0 Å². The highest BCUT2D eigenvalue weighted by Crippen LogP contribution is 2.30. The number of carbonyl (C=O) groups is 3. The molecule has 1 fully saturated rings. The minimum atomic E-state index is -0.787. The molecule has 102 valence electrons. The van der Waals surface area contributed by atoms with Crippen molar-refractivity contribution in [3.63, 3.8) is 0 Å². The summed E-state index contributed by atoms with van der Waals surface area (Å²) in [7, 11) is 0. The number of rotatable bonds is 5. The van der Waals surface area contributed by atoms with Crippen molar-refractivity contribution in [3.05, 3.63) is 0 Å². The Morgan fingerprint density at radius 3 is 2.06 bits per heavy atom. The lowest BCUT2D eigenvalue weighted by Gasteiger charge is -2.29. The molecule has 18 heavy (non-hydrogen) atoms. The molecule has 0 radical (unpaired) electrons. The maximum Gasteiger partial charge on any atom is 0.306 e. The summed E-state index contributed by atoms with van der Waals surface area (Å²) in [6.07, 6.45) is 2.20. The number of nitrogens with zero attached hydrogens (tertiary/aromatic N) is 1. The third-order valence-corrected chi connectivity index (χ3v) is 3.47. The fourth-order valence-electron chi connectivity index (χ4n) is 2.38. The first-order valence-corrected chi connectivity index (χ1v) is 6.25. The van der Waals surface area contributed by atoms with Crippen LogP contribution in [-0.4, -0.2) is 40.9 Å². The number of hydrogen-bond donors (Lipinski definition) is 2. The van der Waals surface area contributed by atoms with E-state index in [9.17, 15) is 14.4 Å². The third-order valence-electron chi connectivity index (χ3n) is 3.47. The van der Waals surface area contributed by atoms with Crippen molar-refractivity contribution in [2.24, 2.45) is 17.6 Å². The molecule has 0 aromatic carbocycles. The van der Waals surface area contributed by atoms with Crippen molar-refractivity contribution in [1.29, 1.82) is 0 Å². The summed E-state index contributed by atoms with van der Waals surface area (Å²) in [6, 6.07) is 0. The second-order valence-corrected chi connectivity index (χ2v) is 4.71. The lowest BCUT2D eigenvalue weighted by atomic mass is 9.81. The minimum Gasteiger partial charge on any atom is -0.481 e. The summed E-state index contributed by atoms with van der Waals surface area (Å²) in [5, 5.41) is 8.88. The molecular formula is C12H20N2O4. The molecule has 3 N–H and O–H groups in total. The molecule has 0 atom stereocenters. The van der Waals surface area contributed by atoms with Crippen molar-refractivity contribution < 1.29 is 19.5 Å². The number of amides is 2. The summed E-state index contributed by atoms with van der Waals surface area (Å²) in [4.78, 5) is 35.2. The molecule has 0 aromatic rings. The Bertz CT molecular complexity index is 335. The van der Waals surface area contributed by atoms with Gasteiger partial charge in [0.25, 0.3) is 0 Å². The van der Waals surface area contributed by atoms with Gasteiger partial charge < -0.3 is 15.7 Å². The van der Waals surface area contributed by atoms with Gasteiger partial charge in [-0.25, -0.2) is 0 Å². The van der Waals surface area contributed by atoms with Crippen LogP contribution in [0.15, 0.2) is 0 Å². The van der Waals surface area contributed by atoms with Crippen LogP contribution >= 0.6 is 0 Å². The van der Waals surface area contributed by atoms with E-state index in [0.717, 1.165) is 0 Å². The summed E-state index contributed by atoms with van der Waals surface area (Å²) in [5.41, 5.74) is 5.09. The monoisotopic (exact) mass is 256 g/mol. The molecule has 6 heteroatoms. The Morgan fingerprint density at radius 2 is 1.67 bits per heavy atom. The van der Waals surface area contributed by atoms with Crippen molar-refractivity contribution in [1.82, 2.24) is 4.90 Å². The average Bonchev–Trinajstić information content (AvgIpc) is 2.35. The van der Waals surface area contributed by atoms with Gasteiger partial charge in [-0.15, -0.1) is 0 Å². The average molecular weight is 256 g/mol. The summed E-state index contributed by atoms with van der Waals surface area (Å²) in [6.45, 7) is 2.18. The van der Waals surface area contributed by atoms with Gasteiger partial charge in [-0.3, -0.25) is 14.4 Å². The molecule has 0 aliphatic heterocycles. The second kappa shape index (κ2) is 6.37. The molecule has 2 amide bonds. The van der Waals surface area contributed by atoms with Crippen LogP contribution in [0.3, 0.4) is 0 Å². The number of primary amides is 1. The zero-order valence-corrected chi connectivity index (χ0v) is 10.6. The van der Waals surface area contributed by atoms with E-state index in [0.29, 0.717) is 32.2 Å². The molecule has 1 saturated carbocycles. The number of hydrogen-bond acceptors (Lipinski definition) is 3. The molecule has 0 aromatic heterocycles. The quantitative estimate of drug-likeness (QED) is 0.734. The molecule has 1 aliphatic carbocycles. The van der Waals surface area contributed by atoms with Crippen LogP contribution < -0.4 is 5.73 Å². The fraction of sp³-hybridized carbons (Fsp3) is 0.750. The van der Waals surface area contributed by atoms with Gasteiger partial charge in [0.1, 0.15) is 0 Å². The van der Waals surface area contributed by atoms with Gasteiger partial charge in [0.05, 0.1) is 12.5 Å². The zero-order chi connectivity index (χ0) is 13.7. The van der Waals surface area contributed by atoms with Gasteiger partial charge in [-0.2, -0.15) is 0 Å². The van der Waals surface area contributed by atoms with E-state index in [-0.39, 0.29) is 24.3 Å². The highest BCUT2D eigenvalue weighted by molar-refractivity contribution is 5.85. The van der Waals surface area contributed by atoms with Crippen molar-refractivity contribution in [3.8, 4) is 0 Å². The maximum absolute atomic E-state index is 12.1. The highest BCUT2D eigenvalue weighted by atomic mass is 16.4. The van der Waals surface area contributed by atoms with Crippen LogP contribution in [0.4, 0.5) is 0 Å². The number of likely N-dealkylation sites (N-methyl/N-ethyl adjacent to an activating group) is 1. The lowest BCUT2D eigenvalue weighted by molar-refractivity contribution is -0.146. The summed E-state index contributed by atoms with van der Waals surface area (Å²) < 4.78 is 0. The van der Waals surface area contributed by atoms with Crippen LogP contribution in [0.5, 0.6) is 0 Å². The van der Waals surface area contributed by atoms with Crippen molar-refractivity contribution in [2.45, 2.75) is 32.6 Å². The van der Waals surface area contributed by atoms with Gasteiger partial charge in [-0.05, 0) is 32.6 Å². The van der Waals surface area contributed by atoms with E-state index < -0.39 is 11.9 Å².